The van der Waals surface area contributed by atoms with Crippen molar-refractivity contribution in [1.29, 1.82) is 0 Å². The number of nitrogens with one attached hydrogen (secondary N) is 1. The number of nitrogens with zero attached hydrogens (tertiary/aromatic N) is 1. The SMILES string of the molecule is NC(Cc1ncc[nH]1)c1sccc1F. The van der Waals surface area contributed by atoms with Crippen LogP contribution in [0.25, 0.3) is 0 Å². The van der Waals surface area contributed by atoms with E-state index in [-0.39, 0.29) is 11.9 Å². The van der Waals surface area contributed by atoms with E-state index in [9.17, 15) is 4.39 Å². The molecule has 0 saturated carbocycles. The Hall–Kier alpha value is -1.20. The molecule has 2 aromatic heterocycles. The summed E-state index contributed by atoms with van der Waals surface area (Å²) in [4.78, 5) is 7.57. The van der Waals surface area contributed by atoms with Gasteiger partial charge in [0.25, 0.3) is 0 Å². The summed E-state index contributed by atoms with van der Waals surface area (Å²) in [6, 6.07) is 1.11. The third-order valence-electron chi connectivity index (χ3n) is 1.95. The first-order chi connectivity index (χ1) is 6.77. The van der Waals surface area contributed by atoms with Gasteiger partial charge in [-0.05, 0) is 11.4 Å². The Morgan fingerprint density at radius 1 is 1.64 bits per heavy atom. The van der Waals surface area contributed by atoms with E-state index < -0.39 is 0 Å². The van der Waals surface area contributed by atoms with Gasteiger partial charge in [0.05, 0.1) is 4.88 Å². The van der Waals surface area contributed by atoms with E-state index in [0.717, 1.165) is 5.82 Å². The summed E-state index contributed by atoms with van der Waals surface area (Å²) >= 11 is 1.34. The highest BCUT2D eigenvalue weighted by molar-refractivity contribution is 7.10. The van der Waals surface area contributed by atoms with Crippen molar-refractivity contribution in [3.8, 4) is 0 Å². The minimum Gasteiger partial charge on any atom is -0.349 e. The molecule has 1 atom stereocenters. The lowest BCUT2D eigenvalue weighted by Gasteiger charge is -2.07. The van der Waals surface area contributed by atoms with Crippen molar-refractivity contribution in [2.45, 2.75) is 12.5 Å². The Labute approximate surface area is 84.8 Å². The zero-order valence-corrected chi connectivity index (χ0v) is 8.22. The van der Waals surface area contributed by atoms with Crippen LogP contribution in [-0.2, 0) is 6.42 Å². The first kappa shape index (κ1) is 9.36. The Morgan fingerprint density at radius 2 is 2.50 bits per heavy atom. The average molecular weight is 211 g/mol. The Bertz CT molecular complexity index is 396. The molecule has 0 spiro atoms. The van der Waals surface area contributed by atoms with E-state index in [1.165, 1.54) is 17.4 Å². The van der Waals surface area contributed by atoms with Crippen molar-refractivity contribution in [2.75, 3.05) is 0 Å². The molecule has 0 aliphatic rings. The van der Waals surface area contributed by atoms with Crippen LogP contribution in [0.3, 0.4) is 0 Å². The van der Waals surface area contributed by atoms with Crippen molar-refractivity contribution in [1.82, 2.24) is 9.97 Å². The number of rotatable bonds is 3. The van der Waals surface area contributed by atoms with Gasteiger partial charge in [0, 0.05) is 24.9 Å². The fourth-order valence-corrected chi connectivity index (χ4v) is 2.05. The zero-order valence-electron chi connectivity index (χ0n) is 7.40. The molecule has 2 aromatic rings. The molecule has 0 bridgehead atoms. The van der Waals surface area contributed by atoms with E-state index in [2.05, 4.69) is 9.97 Å². The monoisotopic (exact) mass is 211 g/mol. The van der Waals surface area contributed by atoms with Crippen LogP contribution in [0.15, 0.2) is 23.8 Å². The summed E-state index contributed by atoms with van der Waals surface area (Å²) in [7, 11) is 0. The lowest BCUT2D eigenvalue weighted by molar-refractivity contribution is 0.588. The minimum absolute atomic E-state index is 0.228. The molecule has 2 rings (SSSR count). The number of thiophene rings is 1. The summed E-state index contributed by atoms with van der Waals surface area (Å²) in [6.45, 7) is 0. The van der Waals surface area contributed by atoms with Crippen molar-refractivity contribution in [2.24, 2.45) is 5.73 Å². The van der Waals surface area contributed by atoms with E-state index >= 15 is 0 Å². The predicted octanol–water partition coefficient (Wildman–Crippen LogP) is 1.85. The van der Waals surface area contributed by atoms with Crippen LogP contribution in [0.1, 0.15) is 16.7 Å². The third kappa shape index (κ3) is 1.83. The number of nitrogens with two attached hydrogens (primary N) is 1. The maximum Gasteiger partial charge on any atom is 0.138 e. The molecule has 1 unspecified atom stereocenters. The molecule has 0 fully saturated rings. The van der Waals surface area contributed by atoms with Gasteiger partial charge in [0.1, 0.15) is 11.6 Å². The fourth-order valence-electron chi connectivity index (χ4n) is 1.28. The van der Waals surface area contributed by atoms with Crippen LogP contribution in [0, 0.1) is 5.82 Å². The van der Waals surface area contributed by atoms with Crippen molar-refractivity contribution >= 4 is 11.3 Å². The lowest BCUT2D eigenvalue weighted by atomic mass is 10.2. The average Bonchev–Trinajstić information content (AvgIpc) is 2.75. The van der Waals surface area contributed by atoms with Crippen LogP contribution in [0.4, 0.5) is 4.39 Å². The standard InChI is InChI=1S/C9H10FN3S/c10-6-1-4-14-9(6)7(11)5-8-12-2-3-13-8/h1-4,7H,5,11H2,(H,12,13). The highest BCUT2D eigenvalue weighted by atomic mass is 32.1. The quantitative estimate of drug-likeness (QED) is 0.814. The fraction of sp³-hybridized carbons (Fsp3) is 0.222. The molecule has 3 nitrogen and oxygen atoms in total. The molecule has 5 heteroatoms. The maximum atomic E-state index is 13.1. The number of aromatic amines is 1. The number of hydrogen-bond acceptors (Lipinski definition) is 3. The number of aromatic nitrogens is 2. The van der Waals surface area contributed by atoms with Gasteiger partial charge in [0.15, 0.2) is 0 Å². The van der Waals surface area contributed by atoms with Gasteiger partial charge in [-0.25, -0.2) is 9.37 Å². The second-order valence-electron chi connectivity index (χ2n) is 2.98. The third-order valence-corrected chi connectivity index (χ3v) is 2.97. The van der Waals surface area contributed by atoms with Gasteiger partial charge in [0.2, 0.25) is 0 Å². The highest BCUT2D eigenvalue weighted by Gasteiger charge is 2.14. The van der Waals surface area contributed by atoms with Gasteiger partial charge in [-0.15, -0.1) is 11.3 Å². The summed E-state index contributed by atoms with van der Waals surface area (Å²) in [6.07, 6.45) is 3.92. The summed E-state index contributed by atoms with van der Waals surface area (Å²) in [5, 5.41) is 1.70. The molecule has 3 N–H and O–H groups in total. The highest BCUT2D eigenvalue weighted by Crippen LogP contribution is 2.23. The van der Waals surface area contributed by atoms with Crippen LogP contribution >= 0.6 is 11.3 Å². The minimum atomic E-state index is -0.318. The molecule has 0 aliphatic carbocycles. The van der Waals surface area contributed by atoms with Gasteiger partial charge in [-0.1, -0.05) is 0 Å². The Kier molecular flexibility index (Phi) is 2.60. The summed E-state index contributed by atoms with van der Waals surface area (Å²) < 4.78 is 13.1. The van der Waals surface area contributed by atoms with Crippen LogP contribution in [-0.4, -0.2) is 9.97 Å². The smallest absolute Gasteiger partial charge is 0.138 e. The molecule has 0 aliphatic heterocycles. The molecule has 0 saturated heterocycles. The first-order valence-electron chi connectivity index (χ1n) is 4.24. The Morgan fingerprint density at radius 3 is 3.07 bits per heavy atom. The Balaban J connectivity index is 2.10. The molecule has 0 radical (unpaired) electrons. The van der Waals surface area contributed by atoms with Crippen LogP contribution in [0.5, 0.6) is 0 Å². The number of imidazole rings is 1. The molecule has 0 amide bonds. The van der Waals surface area contributed by atoms with Crippen LogP contribution < -0.4 is 5.73 Å². The van der Waals surface area contributed by atoms with Gasteiger partial charge in [-0.2, -0.15) is 0 Å². The second-order valence-corrected chi connectivity index (χ2v) is 3.93. The largest absolute Gasteiger partial charge is 0.349 e. The van der Waals surface area contributed by atoms with Crippen molar-refractivity contribution in [3.63, 3.8) is 0 Å². The van der Waals surface area contributed by atoms with Gasteiger partial charge in [-0.3, -0.25) is 0 Å². The van der Waals surface area contributed by atoms with Crippen molar-refractivity contribution in [3.05, 3.63) is 40.4 Å². The molecule has 14 heavy (non-hydrogen) atoms. The maximum absolute atomic E-state index is 13.1. The lowest BCUT2D eigenvalue weighted by Crippen LogP contribution is -2.13. The van der Waals surface area contributed by atoms with E-state index in [1.807, 2.05) is 0 Å². The molecular formula is C9H10FN3S. The van der Waals surface area contributed by atoms with Crippen molar-refractivity contribution < 1.29 is 4.39 Å². The number of hydrogen-bond donors (Lipinski definition) is 2. The molecule has 0 aromatic carbocycles. The van der Waals surface area contributed by atoms with Gasteiger partial charge >= 0.3 is 0 Å². The second kappa shape index (κ2) is 3.89. The molecular weight excluding hydrogens is 201 g/mol. The van der Waals surface area contributed by atoms with Gasteiger partial charge < -0.3 is 10.7 Å². The van der Waals surface area contributed by atoms with E-state index in [0.29, 0.717) is 11.3 Å². The zero-order chi connectivity index (χ0) is 9.97. The molecule has 2 heterocycles. The first-order valence-corrected chi connectivity index (χ1v) is 5.12. The van der Waals surface area contributed by atoms with E-state index in [4.69, 9.17) is 5.73 Å². The number of halogens is 1. The number of H-pyrrole nitrogens is 1. The summed E-state index contributed by atoms with van der Waals surface area (Å²) in [5.74, 6) is 0.555. The molecule has 74 valence electrons. The summed E-state index contributed by atoms with van der Waals surface area (Å²) in [5.41, 5.74) is 5.84. The van der Waals surface area contributed by atoms with E-state index in [1.54, 1.807) is 17.8 Å². The normalized spacial score (nSPS) is 13.0. The predicted molar refractivity (Wildman–Crippen MR) is 53.5 cm³/mol. The topological polar surface area (TPSA) is 54.7 Å². The van der Waals surface area contributed by atoms with Crippen LogP contribution in [0.2, 0.25) is 0 Å².